The molecule has 2 N–H and O–H groups in total. The standard InChI is InChI=1S/C18H23N3O3/c22-17(23)10-3-1-2-6-11-19-18(24)16-9-5-4-8-15(16)14-21-13-7-12-20-21/h4-5,7-9,12-13H,1-3,6,10-11,14H2,(H,19,24)(H,22,23). The number of carboxylic acids is 1. The van der Waals surface area contributed by atoms with Crippen LogP contribution in [0, 0.1) is 0 Å². The monoisotopic (exact) mass is 329 g/mol. The number of aliphatic carboxylic acids is 1. The van der Waals surface area contributed by atoms with Gasteiger partial charge in [0.15, 0.2) is 0 Å². The second-order valence-electron chi connectivity index (χ2n) is 5.67. The molecule has 0 aliphatic carbocycles. The molecule has 1 amide bonds. The molecule has 128 valence electrons. The lowest BCUT2D eigenvalue weighted by Gasteiger charge is -2.10. The molecule has 1 aromatic heterocycles. The minimum absolute atomic E-state index is 0.0803. The van der Waals surface area contributed by atoms with Crippen molar-refractivity contribution in [3.63, 3.8) is 0 Å². The SMILES string of the molecule is O=C(O)CCCCCCNC(=O)c1ccccc1Cn1cccn1. The van der Waals surface area contributed by atoms with E-state index >= 15 is 0 Å². The number of unbranched alkanes of at least 4 members (excludes halogenated alkanes) is 3. The number of carboxylic acid groups (broad SMARTS) is 1. The predicted octanol–water partition coefficient (Wildman–Crippen LogP) is 2.70. The highest BCUT2D eigenvalue weighted by Gasteiger charge is 2.10. The fraction of sp³-hybridized carbons (Fsp3) is 0.389. The Labute approximate surface area is 141 Å². The summed E-state index contributed by atoms with van der Waals surface area (Å²) in [5.41, 5.74) is 1.60. The number of carbonyl (C=O) groups excluding carboxylic acids is 1. The van der Waals surface area contributed by atoms with E-state index in [2.05, 4.69) is 10.4 Å². The molecule has 0 atom stereocenters. The van der Waals surface area contributed by atoms with Gasteiger partial charge in [-0.25, -0.2) is 0 Å². The largest absolute Gasteiger partial charge is 0.481 e. The Bertz CT molecular complexity index is 653. The zero-order chi connectivity index (χ0) is 17.2. The van der Waals surface area contributed by atoms with Crippen molar-refractivity contribution in [2.24, 2.45) is 0 Å². The highest BCUT2D eigenvalue weighted by Crippen LogP contribution is 2.10. The third-order valence-corrected chi connectivity index (χ3v) is 3.76. The van der Waals surface area contributed by atoms with Gasteiger partial charge in [0.2, 0.25) is 0 Å². The summed E-state index contributed by atoms with van der Waals surface area (Å²) in [5, 5.41) is 15.7. The van der Waals surface area contributed by atoms with Crippen LogP contribution in [0.1, 0.15) is 48.0 Å². The molecular weight excluding hydrogens is 306 g/mol. The molecule has 0 aliphatic heterocycles. The van der Waals surface area contributed by atoms with Gasteiger partial charge in [0.1, 0.15) is 0 Å². The molecule has 0 spiro atoms. The van der Waals surface area contributed by atoms with Crippen LogP contribution in [0.3, 0.4) is 0 Å². The summed E-state index contributed by atoms with van der Waals surface area (Å²) in [6.07, 6.45) is 7.13. The zero-order valence-electron chi connectivity index (χ0n) is 13.6. The van der Waals surface area contributed by atoms with Gasteiger partial charge in [-0.2, -0.15) is 5.10 Å². The normalized spacial score (nSPS) is 10.5. The summed E-state index contributed by atoms with van der Waals surface area (Å²) in [4.78, 5) is 22.8. The Hall–Kier alpha value is -2.63. The minimum atomic E-state index is -0.753. The van der Waals surface area contributed by atoms with Gasteiger partial charge in [-0.05, 0) is 30.5 Å². The van der Waals surface area contributed by atoms with Crippen LogP contribution in [-0.4, -0.2) is 33.3 Å². The predicted molar refractivity (Wildman–Crippen MR) is 90.8 cm³/mol. The smallest absolute Gasteiger partial charge is 0.303 e. The van der Waals surface area contributed by atoms with Crippen LogP contribution >= 0.6 is 0 Å². The number of hydrogen-bond donors (Lipinski definition) is 2. The zero-order valence-corrected chi connectivity index (χ0v) is 13.6. The van der Waals surface area contributed by atoms with Crippen molar-refractivity contribution in [1.82, 2.24) is 15.1 Å². The van der Waals surface area contributed by atoms with Gasteiger partial charge in [-0.3, -0.25) is 14.3 Å². The molecule has 24 heavy (non-hydrogen) atoms. The molecule has 1 aromatic carbocycles. The Morgan fingerprint density at radius 1 is 1.08 bits per heavy atom. The molecule has 0 unspecified atom stereocenters. The summed E-state index contributed by atoms with van der Waals surface area (Å²) >= 11 is 0. The molecule has 0 bridgehead atoms. The quantitative estimate of drug-likeness (QED) is 0.656. The molecule has 1 heterocycles. The van der Waals surface area contributed by atoms with E-state index in [-0.39, 0.29) is 12.3 Å². The summed E-state index contributed by atoms with van der Waals surface area (Å²) in [6, 6.07) is 9.38. The average molecular weight is 329 g/mol. The molecule has 0 aliphatic rings. The molecule has 0 radical (unpaired) electrons. The molecular formula is C18H23N3O3. The Kier molecular flexibility index (Phi) is 7.01. The van der Waals surface area contributed by atoms with Crippen LogP contribution in [0.5, 0.6) is 0 Å². The van der Waals surface area contributed by atoms with E-state index in [1.807, 2.05) is 36.5 Å². The molecule has 6 nitrogen and oxygen atoms in total. The molecule has 2 rings (SSSR count). The maximum atomic E-state index is 12.4. The van der Waals surface area contributed by atoms with E-state index in [4.69, 9.17) is 5.11 Å². The van der Waals surface area contributed by atoms with E-state index in [1.54, 1.807) is 10.9 Å². The van der Waals surface area contributed by atoms with Gasteiger partial charge in [0.25, 0.3) is 5.91 Å². The van der Waals surface area contributed by atoms with Crippen LogP contribution in [-0.2, 0) is 11.3 Å². The van der Waals surface area contributed by atoms with E-state index in [0.29, 0.717) is 25.1 Å². The Morgan fingerprint density at radius 2 is 1.88 bits per heavy atom. The van der Waals surface area contributed by atoms with Gasteiger partial charge >= 0.3 is 5.97 Å². The molecule has 0 saturated heterocycles. The van der Waals surface area contributed by atoms with Gasteiger partial charge < -0.3 is 10.4 Å². The second kappa shape index (κ2) is 9.50. The average Bonchev–Trinajstić information content (AvgIpc) is 3.07. The van der Waals surface area contributed by atoms with Crippen LogP contribution < -0.4 is 5.32 Å². The third-order valence-electron chi connectivity index (χ3n) is 3.76. The minimum Gasteiger partial charge on any atom is -0.481 e. The Morgan fingerprint density at radius 3 is 2.62 bits per heavy atom. The number of aromatic nitrogens is 2. The lowest BCUT2D eigenvalue weighted by atomic mass is 10.1. The van der Waals surface area contributed by atoms with Crippen LogP contribution in [0.15, 0.2) is 42.7 Å². The first-order valence-electron chi connectivity index (χ1n) is 8.22. The number of hydrogen-bond acceptors (Lipinski definition) is 3. The van der Waals surface area contributed by atoms with Gasteiger partial charge in [0.05, 0.1) is 6.54 Å². The fourth-order valence-electron chi connectivity index (χ4n) is 2.50. The number of amides is 1. The topological polar surface area (TPSA) is 84.2 Å². The van der Waals surface area contributed by atoms with Crippen LogP contribution in [0.25, 0.3) is 0 Å². The molecule has 0 fully saturated rings. The molecule has 6 heteroatoms. The fourth-order valence-corrected chi connectivity index (χ4v) is 2.50. The van der Waals surface area contributed by atoms with Crippen molar-refractivity contribution < 1.29 is 14.7 Å². The first-order valence-corrected chi connectivity index (χ1v) is 8.22. The Balaban J connectivity index is 1.77. The lowest BCUT2D eigenvalue weighted by Crippen LogP contribution is -2.26. The number of nitrogens with one attached hydrogen (secondary N) is 1. The van der Waals surface area contributed by atoms with Gasteiger partial charge in [-0.15, -0.1) is 0 Å². The first kappa shape index (κ1) is 17.7. The summed E-state index contributed by atoms with van der Waals surface area (Å²) in [5.74, 6) is -0.833. The lowest BCUT2D eigenvalue weighted by molar-refractivity contribution is -0.137. The van der Waals surface area contributed by atoms with Crippen molar-refractivity contribution in [1.29, 1.82) is 0 Å². The number of benzene rings is 1. The number of rotatable bonds is 10. The van der Waals surface area contributed by atoms with Gasteiger partial charge in [-0.1, -0.05) is 31.0 Å². The first-order chi connectivity index (χ1) is 11.7. The van der Waals surface area contributed by atoms with E-state index < -0.39 is 5.97 Å². The molecule has 0 saturated carbocycles. The summed E-state index contributed by atoms with van der Waals surface area (Å²) < 4.78 is 1.79. The number of carbonyl (C=O) groups is 2. The summed E-state index contributed by atoms with van der Waals surface area (Å²) in [6.45, 7) is 1.16. The third kappa shape index (κ3) is 5.87. The van der Waals surface area contributed by atoms with Crippen molar-refractivity contribution in [2.45, 2.75) is 38.6 Å². The van der Waals surface area contributed by atoms with Crippen LogP contribution in [0.4, 0.5) is 0 Å². The van der Waals surface area contributed by atoms with Crippen molar-refractivity contribution in [3.8, 4) is 0 Å². The summed E-state index contributed by atoms with van der Waals surface area (Å²) in [7, 11) is 0. The van der Waals surface area contributed by atoms with E-state index in [0.717, 1.165) is 24.8 Å². The van der Waals surface area contributed by atoms with E-state index in [1.165, 1.54) is 0 Å². The van der Waals surface area contributed by atoms with E-state index in [9.17, 15) is 9.59 Å². The van der Waals surface area contributed by atoms with Gasteiger partial charge in [0, 0.05) is 30.9 Å². The second-order valence-corrected chi connectivity index (χ2v) is 5.67. The number of nitrogens with zero attached hydrogens (tertiary/aromatic N) is 2. The highest BCUT2D eigenvalue weighted by molar-refractivity contribution is 5.95. The van der Waals surface area contributed by atoms with Crippen molar-refractivity contribution in [2.75, 3.05) is 6.54 Å². The maximum Gasteiger partial charge on any atom is 0.303 e. The maximum absolute atomic E-state index is 12.4. The van der Waals surface area contributed by atoms with Crippen molar-refractivity contribution in [3.05, 3.63) is 53.9 Å². The highest BCUT2D eigenvalue weighted by atomic mass is 16.4. The van der Waals surface area contributed by atoms with Crippen LogP contribution in [0.2, 0.25) is 0 Å². The molecule has 2 aromatic rings. The van der Waals surface area contributed by atoms with Crippen molar-refractivity contribution >= 4 is 11.9 Å².